The summed E-state index contributed by atoms with van der Waals surface area (Å²) in [6, 6.07) is 2.63. The minimum Gasteiger partial charge on any atom is -0.309 e. The van der Waals surface area contributed by atoms with Crippen molar-refractivity contribution in [1.82, 2.24) is 10.3 Å². The standard InChI is InChI=1S/C19H32N2/c1-5-11-21-18(17-14-20-12-8-16(17)4)19(13-15(2)3)9-6-7-10-19/h8,12,14-15,18,21H,5-7,9-11,13H2,1-4H3. The second kappa shape index (κ2) is 7.40. The molecule has 2 rings (SSSR count). The van der Waals surface area contributed by atoms with Crippen LogP contribution < -0.4 is 5.32 Å². The predicted molar refractivity (Wildman–Crippen MR) is 90.4 cm³/mol. The Morgan fingerprint density at radius 3 is 2.57 bits per heavy atom. The van der Waals surface area contributed by atoms with E-state index in [1.165, 1.54) is 49.7 Å². The van der Waals surface area contributed by atoms with Gasteiger partial charge in [-0.05, 0) is 67.7 Å². The third-order valence-electron chi connectivity index (χ3n) is 5.02. The van der Waals surface area contributed by atoms with Crippen LogP contribution in [0.1, 0.15) is 76.5 Å². The number of hydrogen-bond donors (Lipinski definition) is 1. The monoisotopic (exact) mass is 288 g/mol. The van der Waals surface area contributed by atoms with Crippen molar-refractivity contribution >= 4 is 0 Å². The van der Waals surface area contributed by atoms with Crippen LogP contribution in [0.3, 0.4) is 0 Å². The molecule has 0 radical (unpaired) electrons. The SMILES string of the molecule is CCCNC(c1cnccc1C)C1(CC(C)C)CCCC1. The number of rotatable bonds is 7. The molecule has 0 aromatic carbocycles. The van der Waals surface area contributed by atoms with Gasteiger partial charge in [-0.1, -0.05) is 33.6 Å². The molecule has 0 bridgehead atoms. The van der Waals surface area contributed by atoms with Crippen molar-refractivity contribution in [1.29, 1.82) is 0 Å². The molecule has 1 aromatic rings. The van der Waals surface area contributed by atoms with Crippen molar-refractivity contribution in [3.8, 4) is 0 Å². The maximum Gasteiger partial charge on any atom is 0.0395 e. The molecular weight excluding hydrogens is 256 g/mol. The predicted octanol–water partition coefficient (Wildman–Crippen LogP) is 5.04. The van der Waals surface area contributed by atoms with Gasteiger partial charge in [0.25, 0.3) is 0 Å². The topological polar surface area (TPSA) is 24.9 Å². The van der Waals surface area contributed by atoms with Gasteiger partial charge in [-0.25, -0.2) is 0 Å². The van der Waals surface area contributed by atoms with E-state index in [9.17, 15) is 0 Å². The van der Waals surface area contributed by atoms with E-state index in [4.69, 9.17) is 0 Å². The first-order valence-electron chi connectivity index (χ1n) is 8.73. The van der Waals surface area contributed by atoms with Crippen molar-refractivity contribution < 1.29 is 0 Å². The Balaban J connectivity index is 2.35. The van der Waals surface area contributed by atoms with Crippen LogP contribution in [0.15, 0.2) is 18.5 Å². The lowest BCUT2D eigenvalue weighted by Crippen LogP contribution is -2.38. The van der Waals surface area contributed by atoms with Gasteiger partial charge >= 0.3 is 0 Å². The van der Waals surface area contributed by atoms with E-state index in [1.807, 2.05) is 6.20 Å². The summed E-state index contributed by atoms with van der Waals surface area (Å²) < 4.78 is 0. The van der Waals surface area contributed by atoms with Gasteiger partial charge in [-0.2, -0.15) is 0 Å². The average Bonchev–Trinajstić information content (AvgIpc) is 2.89. The summed E-state index contributed by atoms with van der Waals surface area (Å²) in [6.45, 7) is 10.3. The van der Waals surface area contributed by atoms with Crippen LogP contribution in [0.2, 0.25) is 0 Å². The van der Waals surface area contributed by atoms with Crippen LogP contribution in [0.25, 0.3) is 0 Å². The van der Waals surface area contributed by atoms with Crippen molar-refractivity contribution in [2.75, 3.05) is 6.54 Å². The summed E-state index contributed by atoms with van der Waals surface area (Å²) in [4.78, 5) is 4.42. The van der Waals surface area contributed by atoms with Crippen LogP contribution in [-0.4, -0.2) is 11.5 Å². The van der Waals surface area contributed by atoms with Gasteiger partial charge in [0.15, 0.2) is 0 Å². The van der Waals surface area contributed by atoms with Crippen LogP contribution in [0.5, 0.6) is 0 Å². The Morgan fingerprint density at radius 2 is 2.00 bits per heavy atom. The van der Waals surface area contributed by atoms with Crippen LogP contribution >= 0.6 is 0 Å². The number of nitrogens with one attached hydrogen (secondary N) is 1. The molecule has 2 heteroatoms. The maximum absolute atomic E-state index is 4.42. The Morgan fingerprint density at radius 1 is 1.29 bits per heavy atom. The molecule has 0 saturated heterocycles. The third kappa shape index (κ3) is 3.85. The van der Waals surface area contributed by atoms with Gasteiger partial charge < -0.3 is 5.32 Å². The highest BCUT2D eigenvalue weighted by Crippen LogP contribution is 2.52. The molecule has 0 spiro atoms. The number of pyridine rings is 1. The Hall–Kier alpha value is -0.890. The number of nitrogens with zero attached hydrogens (tertiary/aromatic N) is 1. The number of aromatic nitrogens is 1. The van der Waals surface area contributed by atoms with Crippen LogP contribution in [0, 0.1) is 18.3 Å². The first-order valence-corrected chi connectivity index (χ1v) is 8.73. The lowest BCUT2D eigenvalue weighted by Gasteiger charge is -2.40. The highest BCUT2D eigenvalue weighted by atomic mass is 14.9. The molecule has 1 aliphatic rings. The van der Waals surface area contributed by atoms with Crippen molar-refractivity contribution in [2.24, 2.45) is 11.3 Å². The van der Waals surface area contributed by atoms with Crippen molar-refractivity contribution in [2.45, 2.75) is 72.3 Å². The van der Waals surface area contributed by atoms with Gasteiger partial charge in [0.2, 0.25) is 0 Å². The van der Waals surface area contributed by atoms with Gasteiger partial charge in [-0.3, -0.25) is 4.98 Å². The maximum atomic E-state index is 4.42. The molecule has 2 nitrogen and oxygen atoms in total. The first-order chi connectivity index (χ1) is 10.1. The second-order valence-corrected chi connectivity index (χ2v) is 7.29. The van der Waals surface area contributed by atoms with Gasteiger partial charge in [-0.15, -0.1) is 0 Å². The highest BCUT2D eigenvalue weighted by molar-refractivity contribution is 5.27. The summed E-state index contributed by atoms with van der Waals surface area (Å²) in [5.74, 6) is 0.756. The molecule has 1 unspecified atom stereocenters. The molecule has 1 heterocycles. The largest absolute Gasteiger partial charge is 0.309 e. The fourth-order valence-corrected chi connectivity index (χ4v) is 4.23. The highest BCUT2D eigenvalue weighted by Gasteiger charge is 2.42. The molecule has 0 aliphatic heterocycles. The summed E-state index contributed by atoms with van der Waals surface area (Å²) >= 11 is 0. The van der Waals surface area contributed by atoms with Crippen molar-refractivity contribution in [3.05, 3.63) is 29.6 Å². The van der Waals surface area contributed by atoms with E-state index in [1.54, 1.807) is 0 Å². The number of aryl methyl sites for hydroxylation is 1. The molecule has 1 aromatic heterocycles. The zero-order valence-corrected chi connectivity index (χ0v) is 14.3. The van der Waals surface area contributed by atoms with Gasteiger partial charge in [0.05, 0.1) is 0 Å². The van der Waals surface area contributed by atoms with E-state index < -0.39 is 0 Å². The summed E-state index contributed by atoms with van der Waals surface area (Å²) in [5, 5.41) is 3.87. The molecule has 1 N–H and O–H groups in total. The van der Waals surface area contributed by atoms with Crippen LogP contribution in [-0.2, 0) is 0 Å². The van der Waals surface area contributed by atoms with E-state index >= 15 is 0 Å². The second-order valence-electron chi connectivity index (χ2n) is 7.29. The minimum atomic E-state index is 0.428. The van der Waals surface area contributed by atoms with Crippen LogP contribution in [0.4, 0.5) is 0 Å². The van der Waals surface area contributed by atoms with Gasteiger partial charge in [0, 0.05) is 18.4 Å². The third-order valence-corrected chi connectivity index (χ3v) is 5.02. The summed E-state index contributed by atoms with van der Waals surface area (Å²) in [5.41, 5.74) is 3.24. The zero-order valence-electron chi connectivity index (χ0n) is 14.3. The summed E-state index contributed by atoms with van der Waals surface area (Å²) in [7, 11) is 0. The average molecular weight is 288 g/mol. The Kier molecular flexibility index (Phi) is 5.80. The van der Waals surface area contributed by atoms with E-state index in [0.717, 1.165) is 12.5 Å². The smallest absolute Gasteiger partial charge is 0.0395 e. The number of hydrogen-bond acceptors (Lipinski definition) is 2. The quantitative estimate of drug-likeness (QED) is 0.760. The molecule has 1 saturated carbocycles. The molecule has 21 heavy (non-hydrogen) atoms. The zero-order chi connectivity index (χ0) is 15.3. The van der Waals surface area contributed by atoms with E-state index in [-0.39, 0.29) is 0 Å². The molecule has 1 atom stereocenters. The minimum absolute atomic E-state index is 0.428. The van der Waals surface area contributed by atoms with E-state index in [2.05, 4.69) is 50.3 Å². The summed E-state index contributed by atoms with van der Waals surface area (Å²) in [6.07, 6.45) is 12.0. The fourth-order valence-electron chi connectivity index (χ4n) is 4.23. The molecular formula is C19H32N2. The lowest BCUT2D eigenvalue weighted by molar-refractivity contribution is 0.154. The molecule has 1 aliphatic carbocycles. The van der Waals surface area contributed by atoms with E-state index in [0.29, 0.717) is 11.5 Å². The molecule has 0 amide bonds. The Bertz CT molecular complexity index is 433. The van der Waals surface area contributed by atoms with Crippen molar-refractivity contribution in [3.63, 3.8) is 0 Å². The lowest BCUT2D eigenvalue weighted by atomic mass is 9.70. The normalized spacial score (nSPS) is 19.1. The Labute approximate surface area is 130 Å². The van der Waals surface area contributed by atoms with Gasteiger partial charge in [0.1, 0.15) is 0 Å². The first kappa shape index (κ1) is 16.5. The molecule has 118 valence electrons. The fraction of sp³-hybridized carbons (Fsp3) is 0.737. The molecule has 1 fully saturated rings.